The molecule has 3 rings (SSSR count). The Morgan fingerprint density at radius 1 is 1.38 bits per heavy atom. The lowest BCUT2D eigenvalue weighted by atomic mass is 10.1. The highest BCUT2D eigenvalue weighted by Gasteiger charge is 2.28. The van der Waals surface area contributed by atoms with Crippen LogP contribution in [0.5, 0.6) is 5.75 Å². The number of nitrogens with zero attached hydrogens (tertiary/aromatic N) is 1. The molecule has 1 unspecified atom stereocenters. The van der Waals surface area contributed by atoms with Crippen LogP contribution in [-0.2, 0) is 20.8 Å². The number of ether oxygens (including phenoxy) is 3. The lowest BCUT2D eigenvalue weighted by Gasteiger charge is -2.15. The van der Waals surface area contributed by atoms with Crippen molar-refractivity contribution in [1.82, 2.24) is 4.98 Å². The van der Waals surface area contributed by atoms with E-state index in [0.717, 1.165) is 24.2 Å². The van der Waals surface area contributed by atoms with Crippen LogP contribution in [0.15, 0.2) is 30.2 Å². The minimum Gasteiger partial charge on any atom is -0.506 e. The minimum absolute atomic E-state index is 0.161. The zero-order valence-corrected chi connectivity index (χ0v) is 12.0. The summed E-state index contributed by atoms with van der Waals surface area (Å²) in [6.45, 7) is 3.03. The molecule has 1 aliphatic carbocycles. The second-order valence-electron chi connectivity index (χ2n) is 5.08. The summed E-state index contributed by atoms with van der Waals surface area (Å²) in [5, 5.41) is 10.1. The van der Waals surface area contributed by atoms with Crippen LogP contribution in [0.2, 0.25) is 0 Å². The molecule has 21 heavy (non-hydrogen) atoms. The normalized spacial score (nSPS) is 20.2. The van der Waals surface area contributed by atoms with Crippen molar-refractivity contribution in [2.75, 3.05) is 13.2 Å². The number of hydrogen-bond acceptors (Lipinski definition) is 5. The van der Waals surface area contributed by atoms with Crippen molar-refractivity contribution < 1.29 is 19.3 Å². The molecule has 0 spiro atoms. The molecule has 5 heteroatoms. The molecular weight excluding hydrogens is 270 g/mol. The highest BCUT2D eigenvalue weighted by atomic mass is 16.7. The SMILES string of the molecule is Cc1ncc2c(c1O)C(OCCOC1=CCCC=C1)OC2. The lowest BCUT2D eigenvalue weighted by molar-refractivity contribution is -0.145. The predicted octanol–water partition coefficient (Wildman–Crippen LogP) is 2.89. The number of rotatable bonds is 5. The Morgan fingerprint density at radius 2 is 2.29 bits per heavy atom. The van der Waals surface area contributed by atoms with Crippen molar-refractivity contribution in [2.45, 2.75) is 32.7 Å². The quantitative estimate of drug-likeness (QED) is 0.845. The Hall–Kier alpha value is -1.85. The third-order valence-electron chi connectivity index (χ3n) is 3.57. The van der Waals surface area contributed by atoms with Crippen LogP contribution in [-0.4, -0.2) is 23.3 Å². The Kier molecular flexibility index (Phi) is 4.22. The molecule has 0 aromatic carbocycles. The number of hydrogen-bond donors (Lipinski definition) is 1. The maximum absolute atomic E-state index is 10.1. The van der Waals surface area contributed by atoms with E-state index in [4.69, 9.17) is 14.2 Å². The zero-order chi connectivity index (χ0) is 14.7. The largest absolute Gasteiger partial charge is 0.506 e. The second kappa shape index (κ2) is 6.28. The van der Waals surface area contributed by atoms with Crippen molar-refractivity contribution in [3.63, 3.8) is 0 Å². The van der Waals surface area contributed by atoms with E-state index in [1.165, 1.54) is 0 Å². The maximum Gasteiger partial charge on any atom is 0.188 e. The fourth-order valence-corrected chi connectivity index (χ4v) is 2.42. The molecule has 1 atom stereocenters. The van der Waals surface area contributed by atoms with Gasteiger partial charge < -0.3 is 19.3 Å². The molecule has 0 fully saturated rings. The lowest BCUT2D eigenvalue weighted by Crippen LogP contribution is -2.09. The third kappa shape index (κ3) is 3.09. The summed E-state index contributed by atoms with van der Waals surface area (Å²) < 4.78 is 16.8. The fraction of sp³-hybridized carbons (Fsp3) is 0.438. The summed E-state index contributed by atoms with van der Waals surface area (Å²) in [7, 11) is 0. The van der Waals surface area contributed by atoms with Crippen LogP contribution in [0.3, 0.4) is 0 Å². The second-order valence-corrected chi connectivity index (χ2v) is 5.08. The number of aryl methyl sites for hydroxylation is 1. The average Bonchev–Trinajstić information content (AvgIpc) is 2.92. The van der Waals surface area contributed by atoms with Crippen LogP contribution in [0.1, 0.15) is 36.0 Å². The van der Waals surface area contributed by atoms with E-state index >= 15 is 0 Å². The van der Waals surface area contributed by atoms with E-state index in [1.54, 1.807) is 13.1 Å². The molecule has 0 radical (unpaired) electrons. The summed E-state index contributed by atoms with van der Waals surface area (Å²) in [5.41, 5.74) is 2.16. The first-order chi connectivity index (χ1) is 10.3. The highest BCUT2D eigenvalue weighted by molar-refractivity contribution is 5.43. The monoisotopic (exact) mass is 289 g/mol. The summed E-state index contributed by atoms with van der Waals surface area (Å²) in [4.78, 5) is 4.12. The molecule has 1 aromatic heterocycles. The van der Waals surface area contributed by atoms with E-state index in [-0.39, 0.29) is 5.75 Å². The van der Waals surface area contributed by atoms with Crippen LogP contribution < -0.4 is 0 Å². The predicted molar refractivity (Wildman–Crippen MR) is 76.5 cm³/mol. The van der Waals surface area contributed by atoms with Crippen molar-refractivity contribution >= 4 is 0 Å². The molecule has 0 saturated carbocycles. The summed E-state index contributed by atoms with van der Waals surface area (Å²) in [6, 6.07) is 0. The van der Waals surface area contributed by atoms with Crippen molar-refractivity contribution in [3.8, 4) is 5.75 Å². The Labute approximate surface area is 123 Å². The minimum atomic E-state index is -0.541. The van der Waals surface area contributed by atoms with Crippen molar-refractivity contribution in [2.24, 2.45) is 0 Å². The Bertz CT molecular complexity index is 580. The first kappa shape index (κ1) is 14.1. The number of allylic oxidation sites excluding steroid dienone is 3. The van der Waals surface area contributed by atoms with E-state index in [9.17, 15) is 5.11 Å². The Balaban J connectivity index is 1.53. The van der Waals surface area contributed by atoms with Gasteiger partial charge in [-0.25, -0.2) is 0 Å². The van der Waals surface area contributed by atoms with Gasteiger partial charge in [-0.1, -0.05) is 6.08 Å². The molecule has 0 amide bonds. The first-order valence-corrected chi connectivity index (χ1v) is 7.16. The van der Waals surface area contributed by atoms with Crippen LogP contribution in [0.4, 0.5) is 0 Å². The summed E-state index contributed by atoms with van der Waals surface area (Å²) in [5.74, 6) is 1.05. The highest BCUT2D eigenvalue weighted by Crippen LogP contribution is 2.38. The van der Waals surface area contributed by atoms with Gasteiger partial charge in [0.15, 0.2) is 6.29 Å². The van der Waals surface area contributed by atoms with E-state index in [2.05, 4.69) is 17.1 Å². The first-order valence-electron chi connectivity index (χ1n) is 7.16. The topological polar surface area (TPSA) is 60.8 Å². The molecule has 0 bridgehead atoms. The molecule has 2 heterocycles. The molecule has 1 N–H and O–H groups in total. The van der Waals surface area contributed by atoms with Gasteiger partial charge >= 0.3 is 0 Å². The third-order valence-corrected chi connectivity index (χ3v) is 3.57. The van der Waals surface area contributed by atoms with Gasteiger partial charge in [-0.3, -0.25) is 4.98 Å². The van der Waals surface area contributed by atoms with Gasteiger partial charge in [0, 0.05) is 11.8 Å². The number of fused-ring (bicyclic) bond motifs is 1. The van der Waals surface area contributed by atoms with Crippen LogP contribution in [0, 0.1) is 6.92 Å². The number of aromatic nitrogens is 1. The molecular formula is C16H19NO4. The standard InChI is InChI=1S/C16H19NO4/c1-11-15(18)14-12(9-17-11)10-21-16(14)20-8-7-19-13-5-3-2-4-6-13/h3,5-6,9,16,18H,2,4,7-8,10H2,1H3. The smallest absolute Gasteiger partial charge is 0.188 e. The van der Waals surface area contributed by atoms with E-state index < -0.39 is 6.29 Å². The van der Waals surface area contributed by atoms with Gasteiger partial charge in [0.25, 0.3) is 0 Å². The Morgan fingerprint density at radius 3 is 3.10 bits per heavy atom. The zero-order valence-electron chi connectivity index (χ0n) is 12.0. The molecule has 1 aromatic rings. The molecule has 2 aliphatic rings. The van der Waals surface area contributed by atoms with Gasteiger partial charge in [0.2, 0.25) is 0 Å². The molecule has 112 valence electrons. The van der Waals surface area contributed by atoms with Gasteiger partial charge in [-0.05, 0) is 31.9 Å². The molecule has 1 aliphatic heterocycles. The van der Waals surface area contributed by atoms with E-state index in [1.807, 2.05) is 6.08 Å². The summed E-state index contributed by atoms with van der Waals surface area (Å²) in [6.07, 6.45) is 9.42. The average molecular weight is 289 g/mol. The molecule has 0 saturated heterocycles. The number of pyridine rings is 1. The van der Waals surface area contributed by atoms with Crippen molar-refractivity contribution in [1.29, 1.82) is 0 Å². The van der Waals surface area contributed by atoms with Crippen LogP contribution in [0.25, 0.3) is 0 Å². The van der Waals surface area contributed by atoms with Crippen LogP contribution >= 0.6 is 0 Å². The van der Waals surface area contributed by atoms with Gasteiger partial charge in [0.1, 0.15) is 18.1 Å². The van der Waals surface area contributed by atoms with Crippen molar-refractivity contribution in [3.05, 3.63) is 47.0 Å². The van der Waals surface area contributed by atoms with Gasteiger partial charge in [-0.15, -0.1) is 0 Å². The van der Waals surface area contributed by atoms with Gasteiger partial charge in [0.05, 0.1) is 24.5 Å². The maximum atomic E-state index is 10.1. The number of aromatic hydroxyl groups is 1. The molecule has 5 nitrogen and oxygen atoms in total. The van der Waals surface area contributed by atoms with E-state index in [0.29, 0.717) is 31.1 Å². The van der Waals surface area contributed by atoms with Gasteiger partial charge in [-0.2, -0.15) is 0 Å². The summed E-state index contributed by atoms with van der Waals surface area (Å²) >= 11 is 0. The fourth-order valence-electron chi connectivity index (χ4n) is 2.42.